The summed E-state index contributed by atoms with van der Waals surface area (Å²) in [6.45, 7) is 0. The second kappa shape index (κ2) is 4.58. The van der Waals surface area contributed by atoms with Gasteiger partial charge in [0.2, 0.25) is 0 Å². The molecule has 1 aromatic carbocycles. The second-order valence-electron chi connectivity index (χ2n) is 3.71. The molecule has 3 rings (SSSR count). The SMILES string of the molecule is Clc1cccc(-n2cnc(-c3ccccn3)n2)c1. The summed E-state index contributed by atoms with van der Waals surface area (Å²) >= 11 is 5.94. The van der Waals surface area contributed by atoms with E-state index in [-0.39, 0.29) is 0 Å². The van der Waals surface area contributed by atoms with Crippen LogP contribution in [0.15, 0.2) is 55.0 Å². The van der Waals surface area contributed by atoms with E-state index in [1.165, 1.54) is 0 Å². The summed E-state index contributed by atoms with van der Waals surface area (Å²) < 4.78 is 1.68. The highest BCUT2D eigenvalue weighted by molar-refractivity contribution is 6.30. The number of pyridine rings is 1. The molecule has 0 fully saturated rings. The first-order chi connectivity index (χ1) is 8.83. The molecule has 0 bridgehead atoms. The lowest BCUT2D eigenvalue weighted by molar-refractivity contribution is 0.880. The van der Waals surface area contributed by atoms with Gasteiger partial charge in [-0.2, -0.15) is 0 Å². The van der Waals surface area contributed by atoms with E-state index < -0.39 is 0 Å². The van der Waals surface area contributed by atoms with Crippen LogP contribution in [0.4, 0.5) is 0 Å². The highest BCUT2D eigenvalue weighted by Gasteiger charge is 2.06. The monoisotopic (exact) mass is 256 g/mol. The molecule has 18 heavy (non-hydrogen) atoms. The summed E-state index contributed by atoms with van der Waals surface area (Å²) in [5, 5.41) is 5.05. The summed E-state index contributed by atoms with van der Waals surface area (Å²) in [6.07, 6.45) is 3.37. The molecule has 0 spiro atoms. The first-order valence-electron chi connectivity index (χ1n) is 5.42. The van der Waals surface area contributed by atoms with Gasteiger partial charge in [-0.05, 0) is 30.3 Å². The molecule has 0 aliphatic rings. The Kier molecular flexibility index (Phi) is 2.78. The van der Waals surface area contributed by atoms with Gasteiger partial charge in [0.15, 0.2) is 5.82 Å². The van der Waals surface area contributed by atoms with Gasteiger partial charge in [0, 0.05) is 11.2 Å². The van der Waals surface area contributed by atoms with Gasteiger partial charge in [-0.25, -0.2) is 9.67 Å². The second-order valence-corrected chi connectivity index (χ2v) is 4.14. The molecule has 0 amide bonds. The zero-order valence-corrected chi connectivity index (χ0v) is 10.1. The largest absolute Gasteiger partial charge is 0.253 e. The average molecular weight is 257 g/mol. The van der Waals surface area contributed by atoms with E-state index >= 15 is 0 Å². The quantitative estimate of drug-likeness (QED) is 0.708. The van der Waals surface area contributed by atoms with Gasteiger partial charge >= 0.3 is 0 Å². The Bertz CT molecular complexity index is 664. The molecule has 4 nitrogen and oxygen atoms in total. The maximum absolute atomic E-state index is 5.94. The van der Waals surface area contributed by atoms with Crippen LogP contribution in [0.1, 0.15) is 0 Å². The molecule has 0 aliphatic carbocycles. The lowest BCUT2D eigenvalue weighted by Crippen LogP contribution is -1.94. The molecule has 0 N–H and O–H groups in total. The smallest absolute Gasteiger partial charge is 0.200 e. The normalized spacial score (nSPS) is 10.5. The van der Waals surface area contributed by atoms with Gasteiger partial charge in [0.1, 0.15) is 12.0 Å². The van der Waals surface area contributed by atoms with E-state index in [0.717, 1.165) is 11.4 Å². The fourth-order valence-electron chi connectivity index (χ4n) is 1.62. The molecular weight excluding hydrogens is 248 g/mol. The molecule has 0 unspecified atom stereocenters. The first-order valence-corrected chi connectivity index (χ1v) is 5.80. The number of halogens is 1. The zero-order chi connectivity index (χ0) is 12.4. The minimum absolute atomic E-state index is 0.593. The maximum atomic E-state index is 5.94. The Balaban J connectivity index is 2.00. The number of nitrogens with zero attached hydrogens (tertiary/aromatic N) is 4. The molecule has 0 saturated carbocycles. The van der Waals surface area contributed by atoms with E-state index in [2.05, 4.69) is 15.1 Å². The van der Waals surface area contributed by atoms with Crippen molar-refractivity contribution in [2.24, 2.45) is 0 Å². The summed E-state index contributed by atoms with van der Waals surface area (Å²) in [7, 11) is 0. The Labute approximate surface area is 109 Å². The van der Waals surface area contributed by atoms with Gasteiger partial charge in [0.05, 0.1) is 5.69 Å². The predicted octanol–water partition coefficient (Wildman–Crippen LogP) is 2.98. The van der Waals surface area contributed by atoms with E-state index in [0.29, 0.717) is 10.8 Å². The van der Waals surface area contributed by atoms with Crippen molar-refractivity contribution in [2.45, 2.75) is 0 Å². The minimum atomic E-state index is 0.593. The van der Waals surface area contributed by atoms with Crippen LogP contribution in [-0.2, 0) is 0 Å². The Morgan fingerprint density at radius 3 is 2.72 bits per heavy atom. The maximum Gasteiger partial charge on any atom is 0.200 e. The summed E-state index contributed by atoms with van der Waals surface area (Å²) in [5.41, 5.74) is 1.62. The molecule has 2 heterocycles. The molecular formula is C13H9ClN4. The number of benzene rings is 1. The van der Waals surface area contributed by atoms with Crippen molar-refractivity contribution in [3.63, 3.8) is 0 Å². The lowest BCUT2D eigenvalue weighted by atomic mass is 10.3. The van der Waals surface area contributed by atoms with Crippen LogP contribution in [0.25, 0.3) is 17.2 Å². The molecule has 0 radical (unpaired) electrons. The van der Waals surface area contributed by atoms with E-state index in [1.807, 2.05) is 42.5 Å². The van der Waals surface area contributed by atoms with E-state index in [1.54, 1.807) is 17.2 Å². The topological polar surface area (TPSA) is 43.6 Å². The zero-order valence-electron chi connectivity index (χ0n) is 9.36. The third-order valence-corrected chi connectivity index (χ3v) is 2.69. The van der Waals surface area contributed by atoms with Crippen molar-refractivity contribution < 1.29 is 0 Å². The molecule has 5 heteroatoms. The summed E-state index contributed by atoms with van der Waals surface area (Å²) in [5.74, 6) is 0.593. The van der Waals surface area contributed by atoms with Crippen molar-refractivity contribution in [1.29, 1.82) is 0 Å². The van der Waals surface area contributed by atoms with Gasteiger partial charge < -0.3 is 0 Å². The molecule has 0 saturated heterocycles. The molecule has 2 aromatic heterocycles. The Morgan fingerprint density at radius 2 is 1.94 bits per heavy atom. The van der Waals surface area contributed by atoms with Gasteiger partial charge in [0.25, 0.3) is 0 Å². The Hall–Kier alpha value is -2.20. The summed E-state index contributed by atoms with van der Waals surface area (Å²) in [4.78, 5) is 8.45. The number of rotatable bonds is 2. The van der Waals surface area contributed by atoms with Gasteiger partial charge in [-0.15, -0.1) is 5.10 Å². The van der Waals surface area contributed by atoms with Crippen molar-refractivity contribution >= 4 is 11.6 Å². The van der Waals surface area contributed by atoms with Gasteiger partial charge in [-0.1, -0.05) is 23.7 Å². The summed E-state index contributed by atoms with van der Waals surface area (Å²) in [6, 6.07) is 13.1. The van der Waals surface area contributed by atoms with Crippen molar-refractivity contribution in [3.8, 4) is 17.2 Å². The number of aromatic nitrogens is 4. The Morgan fingerprint density at radius 1 is 1.00 bits per heavy atom. The number of hydrogen-bond donors (Lipinski definition) is 0. The fourth-order valence-corrected chi connectivity index (χ4v) is 1.80. The third-order valence-electron chi connectivity index (χ3n) is 2.46. The lowest BCUT2D eigenvalue weighted by Gasteiger charge is -1.99. The molecule has 0 aliphatic heterocycles. The van der Waals surface area contributed by atoms with Crippen LogP contribution in [0.5, 0.6) is 0 Å². The molecule has 88 valence electrons. The van der Waals surface area contributed by atoms with Crippen LogP contribution in [0.2, 0.25) is 5.02 Å². The highest BCUT2D eigenvalue weighted by atomic mass is 35.5. The fraction of sp³-hybridized carbons (Fsp3) is 0. The van der Waals surface area contributed by atoms with Crippen molar-refractivity contribution in [2.75, 3.05) is 0 Å². The van der Waals surface area contributed by atoms with Crippen molar-refractivity contribution in [3.05, 3.63) is 60.0 Å². The predicted molar refractivity (Wildman–Crippen MR) is 69.6 cm³/mol. The molecule has 0 atom stereocenters. The highest BCUT2D eigenvalue weighted by Crippen LogP contribution is 2.16. The van der Waals surface area contributed by atoms with Crippen LogP contribution in [-0.4, -0.2) is 19.7 Å². The minimum Gasteiger partial charge on any atom is -0.253 e. The van der Waals surface area contributed by atoms with Crippen LogP contribution in [0, 0.1) is 0 Å². The van der Waals surface area contributed by atoms with E-state index in [4.69, 9.17) is 11.6 Å². The third kappa shape index (κ3) is 2.10. The standard InChI is InChI=1S/C13H9ClN4/c14-10-4-3-5-11(8-10)18-9-16-13(17-18)12-6-1-2-7-15-12/h1-9H. The van der Waals surface area contributed by atoms with Gasteiger partial charge in [-0.3, -0.25) is 4.98 Å². The molecule has 3 aromatic rings. The van der Waals surface area contributed by atoms with Crippen LogP contribution < -0.4 is 0 Å². The van der Waals surface area contributed by atoms with Crippen LogP contribution >= 0.6 is 11.6 Å². The van der Waals surface area contributed by atoms with Crippen molar-refractivity contribution in [1.82, 2.24) is 19.7 Å². The number of hydrogen-bond acceptors (Lipinski definition) is 3. The van der Waals surface area contributed by atoms with Crippen LogP contribution in [0.3, 0.4) is 0 Å². The first kappa shape index (κ1) is 10.9. The average Bonchev–Trinajstić information content (AvgIpc) is 2.89. The van der Waals surface area contributed by atoms with E-state index in [9.17, 15) is 0 Å².